The molecule has 1 aliphatic rings. The number of ether oxygens (including phenoxy) is 1. The summed E-state index contributed by atoms with van der Waals surface area (Å²) in [5.41, 5.74) is 2.77. The maximum atomic E-state index is 12.5. The van der Waals surface area contributed by atoms with E-state index in [-0.39, 0.29) is 11.4 Å². The topological polar surface area (TPSA) is 76.5 Å². The van der Waals surface area contributed by atoms with Gasteiger partial charge in [-0.3, -0.25) is 0 Å². The maximum absolute atomic E-state index is 12.5. The number of benzene rings is 1. The molecule has 1 aliphatic heterocycles. The maximum Gasteiger partial charge on any atom is 0.240 e. The molecule has 0 saturated carbocycles. The van der Waals surface area contributed by atoms with Crippen LogP contribution in [0.5, 0.6) is 0 Å². The zero-order valence-electron chi connectivity index (χ0n) is 13.4. The first-order valence-corrected chi connectivity index (χ1v) is 8.74. The third kappa shape index (κ3) is 3.10. The fourth-order valence-electron chi connectivity index (χ4n) is 2.58. The summed E-state index contributed by atoms with van der Waals surface area (Å²) in [5, 5.41) is 0. The molecule has 23 heavy (non-hydrogen) atoms. The molecular formula is C15H20N4O3S. The highest BCUT2D eigenvalue weighted by molar-refractivity contribution is 7.89. The van der Waals surface area contributed by atoms with Crippen LogP contribution in [-0.4, -0.2) is 32.1 Å². The molecule has 1 aromatic carbocycles. The number of anilines is 1. The second kappa shape index (κ2) is 5.95. The Bertz CT molecular complexity index is 827. The summed E-state index contributed by atoms with van der Waals surface area (Å²) in [6.45, 7) is 1.20. The van der Waals surface area contributed by atoms with Crippen LogP contribution >= 0.6 is 0 Å². The van der Waals surface area contributed by atoms with Crippen LogP contribution in [0, 0.1) is 0 Å². The third-order valence-electron chi connectivity index (χ3n) is 3.91. The van der Waals surface area contributed by atoms with Crippen molar-refractivity contribution in [2.24, 2.45) is 7.05 Å². The number of aromatic nitrogens is 2. The summed E-state index contributed by atoms with van der Waals surface area (Å²) in [6, 6.07) is 5.11. The van der Waals surface area contributed by atoms with Gasteiger partial charge in [0.1, 0.15) is 0 Å². The zero-order valence-corrected chi connectivity index (χ0v) is 14.2. The van der Waals surface area contributed by atoms with E-state index in [9.17, 15) is 8.42 Å². The van der Waals surface area contributed by atoms with E-state index in [1.807, 2.05) is 36.7 Å². The first-order valence-electron chi connectivity index (χ1n) is 7.25. The third-order valence-corrected chi connectivity index (χ3v) is 5.31. The van der Waals surface area contributed by atoms with Crippen molar-refractivity contribution in [1.82, 2.24) is 14.3 Å². The predicted octanol–water partition coefficient (Wildman–Crippen LogP) is 0.995. The number of sulfonamides is 1. The Kier molecular flexibility index (Phi) is 4.13. The Morgan fingerprint density at radius 1 is 1.30 bits per heavy atom. The van der Waals surface area contributed by atoms with Crippen molar-refractivity contribution in [2.75, 3.05) is 19.0 Å². The van der Waals surface area contributed by atoms with Crippen molar-refractivity contribution >= 4 is 16.0 Å². The van der Waals surface area contributed by atoms with Gasteiger partial charge in [0.25, 0.3) is 0 Å². The van der Waals surface area contributed by atoms with Gasteiger partial charge < -0.3 is 14.2 Å². The van der Waals surface area contributed by atoms with Gasteiger partial charge >= 0.3 is 0 Å². The number of rotatable bonds is 5. The summed E-state index contributed by atoms with van der Waals surface area (Å²) in [4.78, 5) is 6.41. The standard InChI is InChI=1S/C15H20N4O3S/c1-18(2)15-16-7-13(19(15)3)8-17-23(20,21)14-5-4-11-9-22-10-12(11)6-14/h4-7,17H,8-10H2,1-3H3. The summed E-state index contributed by atoms with van der Waals surface area (Å²) in [7, 11) is 2.08. The van der Waals surface area contributed by atoms with Crippen LogP contribution in [0.4, 0.5) is 5.95 Å². The van der Waals surface area contributed by atoms with Gasteiger partial charge in [0.05, 0.1) is 36.5 Å². The number of fused-ring (bicyclic) bond motifs is 1. The first kappa shape index (κ1) is 16.0. The quantitative estimate of drug-likeness (QED) is 0.881. The van der Waals surface area contributed by atoms with E-state index >= 15 is 0 Å². The van der Waals surface area contributed by atoms with E-state index in [1.165, 1.54) is 0 Å². The lowest BCUT2D eigenvalue weighted by Crippen LogP contribution is -2.25. The van der Waals surface area contributed by atoms with Crippen molar-refractivity contribution in [1.29, 1.82) is 0 Å². The van der Waals surface area contributed by atoms with Crippen LogP contribution in [0.3, 0.4) is 0 Å². The number of nitrogens with one attached hydrogen (secondary N) is 1. The minimum absolute atomic E-state index is 0.188. The Morgan fingerprint density at radius 2 is 2.04 bits per heavy atom. The molecule has 3 rings (SSSR count). The molecule has 0 saturated heterocycles. The van der Waals surface area contributed by atoms with Gasteiger partial charge in [0.15, 0.2) is 0 Å². The van der Waals surface area contributed by atoms with E-state index in [0.29, 0.717) is 13.2 Å². The minimum atomic E-state index is -3.57. The van der Waals surface area contributed by atoms with Crippen molar-refractivity contribution in [3.63, 3.8) is 0 Å². The fraction of sp³-hybridized carbons (Fsp3) is 0.400. The number of imidazole rings is 1. The number of hydrogen-bond donors (Lipinski definition) is 1. The molecule has 0 radical (unpaired) electrons. The summed E-state index contributed by atoms with van der Waals surface area (Å²) >= 11 is 0. The van der Waals surface area contributed by atoms with Gasteiger partial charge in [0.2, 0.25) is 16.0 Å². The smallest absolute Gasteiger partial charge is 0.240 e. The van der Waals surface area contributed by atoms with Gasteiger partial charge in [-0.15, -0.1) is 0 Å². The highest BCUT2D eigenvalue weighted by Gasteiger charge is 2.19. The summed E-state index contributed by atoms with van der Waals surface area (Å²) in [6.07, 6.45) is 1.67. The molecular weight excluding hydrogens is 316 g/mol. The van der Waals surface area contributed by atoms with E-state index in [4.69, 9.17) is 4.74 Å². The lowest BCUT2D eigenvalue weighted by atomic mass is 10.1. The molecule has 124 valence electrons. The average Bonchev–Trinajstić information content (AvgIpc) is 3.10. The predicted molar refractivity (Wildman–Crippen MR) is 86.5 cm³/mol. The molecule has 7 nitrogen and oxygen atoms in total. The van der Waals surface area contributed by atoms with Crippen LogP contribution in [0.15, 0.2) is 29.3 Å². The van der Waals surface area contributed by atoms with E-state index in [0.717, 1.165) is 22.8 Å². The number of hydrogen-bond acceptors (Lipinski definition) is 5. The zero-order chi connectivity index (χ0) is 16.6. The fourth-order valence-corrected chi connectivity index (χ4v) is 3.63. The van der Waals surface area contributed by atoms with Crippen molar-refractivity contribution in [2.45, 2.75) is 24.7 Å². The molecule has 0 unspecified atom stereocenters. The molecule has 0 atom stereocenters. The monoisotopic (exact) mass is 336 g/mol. The molecule has 2 aromatic rings. The van der Waals surface area contributed by atoms with Gasteiger partial charge in [-0.1, -0.05) is 6.07 Å². The largest absolute Gasteiger partial charge is 0.372 e. The average molecular weight is 336 g/mol. The lowest BCUT2D eigenvalue weighted by Gasteiger charge is -2.13. The molecule has 0 fully saturated rings. The molecule has 0 bridgehead atoms. The number of nitrogens with zero attached hydrogens (tertiary/aromatic N) is 3. The van der Waals surface area contributed by atoms with E-state index in [1.54, 1.807) is 18.3 Å². The van der Waals surface area contributed by atoms with Crippen LogP contribution in [-0.2, 0) is 41.6 Å². The highest BCUT2D eigenvalue weighted by Crippen LogP contribution is 2.23. The first-order chi connectivity index (χ1) is 10.9. The van der Waals surface area contributed by atoms with Crippen LogP contribution < -0.4 is 9.62 Å². The second-order valence-corrected chi connectivity index (χ2v) is 7.52. The van der Waals surface area contributed by atoms with Crippen molar-refractivity contribution < 1.29 is 13.2 Å². The van der Waals surface area contributed by atoms with Crippen LogP contribution in [0.2, 0.25) is 0 Å². The normalized spacial score (nSPS) is 14.0. The van der Waals surface area contributed by atoms with Crippen molar-refractivity contribution in [3.8, 4) is 0 Å². The van der Waals surface area contributed by atoms with Gasteiger partial charge in [-0.2, -0.15) is 0 Å². The molecule has 2 heterocycles. The van der Waals surface area contributed by atoms with E-state index in [2.05, 4.69) is 9.71 Å². The van der Waals surface area contributed by atoms with Gasteiger partial charge in [-0.25, -0.2) is 18.1 Å². The lowest BCUT2D eigenvalue weighted by molar-refractivity contribution is 0.134. The Balaban J connectivity index is 1.77. The Labute approximate surface area is 135 Å². The van der Waals surface area contributed by atoms with Gasteiger partial charge in [0, 0.05) is 21.1 Å². The van der Waals surface area contributed by atoms with E-state index < -0.39 is 10.0 Å². The summed E-state index contributed by atoms with van der Waals surface area (Å²) < 4.78 is 34.7. The SMILES string of the molecule is CN(C)c1ncc(CNS(=O)(=O)c2ccc3c(c2)COC3)n1C. The Morgan fingerprint density at radius 3 is 2.74 bits per heavy atom. The van der Waals surface area contributed by atoms with Crippen molar-refractivity contribution in [3.05, 3.63) is 41.2 Å². The molecule has 0 spiro atoms. The van der Waals surface area contributed by atoms with Crippen LogP contribution in [0.25, 0.3) is 0 Å². The Hall–Kier alpha value is -1.90. The molecule has 0 amide bonds. The highest BCUT2D eigenvalue weighted by atomic mass is 32.2. The van der Waals surface area contributed by atoms with Gasteiger partial charge in [-0.05, 0) is 23.3 Å². The molecule has 1 aromatic heterocycles. The molecule has 0 aliphatic carbocycles. The minimum Gasteiger partial charge on any atom is -0.372 e. The summed E-state index contributed by atoms with van der Waals surface area (Å²) in [5.74, 6) is 0.772. The second-order valence-electron chi connectivity index (χ2n) is 5.75. The molecule has 8 heteroatoms. The molecule has 1 N–H and O–H groups in total. The van der Waals surface area contributed by atoms with Crippen LogP contribution in [0.1, 0.15) is 16.8 Å².